The highest BCUT2D eigenvalue weighted by Gasteiger charge is 2.30. The Bertz CT molecular complexity index is 1960. The third-order valence-corrected chi connectivity index (χ3v) is 21.7. The van der Waals surface area contributed by atoms with Crippen LogP contribution in [0.15, 0.2) is 0 Å². The van der Waals surface area contributed by atoms with Gasteiger partial charge < -0.3 is 33.8 Å². The van der Waals surface area contributed by atoms with E-state index < -0.39 is 97.5 Å². The first-order valence-corrected chi connectivity index (χ1v) is 46.6. The van der Waals surface area contributed by atoms with Crippen LogP contribution in [0.1, 0.15) is 452 Å². The number of carbonyl (C=O) groups is 4. The standard InChI is InChI=1S/C84H164O17P2/c1-6-9-12-15-18-21-24-27-30-32-34-36-39-41-44-47-52-57-62-67-81(86)94-73-79(100-83(88)70-65-60-54-49-46-43-40-37-35-33-31-28-25-22-19-16-13-10-7-2)75-98-102(90,91)96-71-78(85)72-97-103(92,93)99-76-80(74-95-82(87)68-63-58-55-50-51-56-61-66-77(4)5)101-84(89)69-64-59-53-48-45-42-38-29-26-23-20-17-14-11-8-3/h77-80,85H,6-76H2,1-5H3,(H,90,91)(H,92,93)/t78-,79-,80-/m1/s1. The highest BCUT2D eigenvalue weighted by Crippen LogP contribution is 2.45. The Morgan fingerprint density at radius 3 is 0.660 bits per heavy atom. The van der Waals surface area contributed by atoms with Crippen molar-refractivity contribution in [3.63, 3.8) is 0 Å². The van der Waals surface area contributed by atoms with Crippen LogP contribution in [-0.4, -0.2) is 96.7 Å². The Balaban J connectivity index is 5.23. The van der Waals surface area contributed by atoms with Gasteiger partial charge in [0.2, 0.25) is 0 Å². The summed E-state index contributed by atoms with van der Waals surface area (Å²) in [5.41, 5.74) is 0. The number of esters is 4. The predicted molar refractivity (Wildman–Crippen MR) is 423 cm³/mol. The van der Waals surface area contributed by atoms with E-state index in [1.54, 1.807) is 0 Å². The molecule has 0 aliphatic carbocycles. The first-order chi connectivity index (χ1) is 50.0. The van der Waals surface area contributed by atoms with E-state index in [4.69, 9.17) is 37.0 Å². The van der Waals surface area contributed by atoms with Crippen molar-refractivity contribution < 1.29 is 80.2 Å². The molecule has 0 fully saturated rings. The molecule has 0 aromatic rings. The van der Waals surface area contributed by atoms with Crippen LogP contribution in [0.25, 0.3) is 0 Å². The molecule has 0 heterocycles. The number of phosphoric ester groups is 2. The number of hydrogen-bond acceptors (Lipinski definition) is 15. The van der Waals surface area contributed by atoms with E-state index in [1.807, 2.05) is 0 Å². The predicted octanol–water partition coefficient (Wildman–Crippen LogP) is 25.6. The van der Waals surface area contributed by atoms with E-state index in [0.29, 0.717) is 31.6 Å². The van der Waals surface area contributed by atoms with E-state index >= 15 is 0 Å². The molecule has 0 aliphatic heterocycles. The summed E-state index contributed by atoms with van der Waals surface area (Å²) < 4.78 is 68.8. The van der Waals surface area contributed by atoms with E-state index in [9.17, 15) is 43.2 Å². The second-order valence-electron chi connectivity index (χ2n) is 30.7. The minimum atomic E-state index is -4.96. The summed E-state index contributed by atoms with van der Waals surface area (Å²) in [6, 6.07) is 0. The number of ether oxygens (including phenoxy) is 4. The number of aliphatic hydroxyl groups is 1. The molecular weight excluding hydrogens is 1340 g/mol. The van der Waals surface area contributed by atoms with Crippen molar-refractivity contribution in [2.75, 3.05) is 39.6 Å². The quantitative estimate of drug-likeness (QED) is 0.0222. The van der Waals surface area contributed by atoms with E-state index in [-0.39, 0.29) is 25.7 Å². The lowest BCUT2D eigenvalue weighted by atomic mass is 10.0. The van der Waals surface area contributed by atoms with Gasteiger partial charge in [0.25, 0.3) is 0 Å². The van der Waals surface area contributed by atoms with Crippen molar-refractivity contribution in [2.45, 2.75) is 470 Å². The first kappa shape index (κ1) is 101. The lowest BCUT2D eigenvalue weighted by molar-refractivity contribution is -0.161. The van der Waals surface area contributed by atoms with Gasteiger partial charge in [0, 0.05) is 25.7 Å². The third kappa shape index (κ3) is 78.0. The average Bonchev–Trinajstić information content (AvgIpc) is 0.949. The molecular formula is C84H164O17P2. The second kappa shape index (κ2) is 76.8. The van der Waals surface area contributed by atoms with Crippen LogP contribution in [0.5, 0.6) is 0 Å². The van der Waals surface area contributed by atoms with Crippen molar-refractivity contribution >= 4 is 39.5 Å². The molecule has 17 nitrogen and oxygen atoms in total. The number of hydrogen-bond donors (Lipinski definition) is 3. The number of carbonyl (C=O) groups excluding carboxylic acids is 4. The summed E-state index contributed by atoms with van der Waals surface area (Å²) in [5.74, 6) is -1.40. The Kier molecular flexibility index (Phi) is 75.4. The van der Waals surface area contributed by atoms with E-state index in [0.717, 1.165) is 96.3 Å². The van der Waals surface area contributed by atoms with Gasteiger partial charge in [0.15, 0.2) is 12.2 Å². The third-order valence-electron chi connectivity index (χ3n) is 19.8. The molecule has 103 heavy (non-hydrogen) atoms. The van der Waals surface area contributed by atoms with Crippen molar-refractivity contribution in [2.24, 2.45) is 5.92 Å². The minimum absolute atomic E-state index is 0.108. The van der Waals surface area contributed by atoms with Gasteiger partial charge >= 0.3 is 39.5 Å². The van der Waals surface area contributed by atoms with Crippen LogP contribution in [0.3, 0.4) is 0 Å². The molecule has 5 atom stereocenters. The lowest BCUT2D eigenvalue weighted by Crippen LogP contribution is -2.30. The van der Waals surface area contributed by atoms with Gasteiger partial charge in [-0.2, -0.15) is 0 Å². The fraction of sp³-hybridized carbons (Fsp3) is 0.952. The van der Waals surface area contributed by atoms with Gasteiger partial charge in [0.1, 0.15) is 19.3 Å². The summed E-state index contributed by atoms with van der Waals surface area (Å²) in [6.45, 7) is 7.30. The van der Waals surface area contributed by atoms with E-state index in [2.05, 4.69) is 34.6 Å². The van der Waals surface area contributed by atoms with Crippen LogP contribution in [0.4, 0.5) is 0 Å². The Morgan fingerprint density at radius 1 is 0.262 bits per heavy atom. The fourth-order valence-corrected chi connectivity index (χ4v) is 14.7. The van der Waals surface area contributed by atoms with Gasteiger partial charge in [-0.15, -0.1) is 0 Å². The minimum Gasteiger partial charge on any atom is -0.462 e. The van der Waals surface area contributed by atoms with Gasteiger partial charge in [-0.05, 0) is 31.6 Å². The Hall–Kier alpha value is -1.94. The SMILES string of the molecule is CCCCCCCCCCCCCCCCCCCCCC(=O)OC[C@H](COP(=O)(O)OC[C@@H](O)COP(=O)(O)OC[C@@H](COC(=O)CCCCCCCCCC(C)C)OC(=O)CCCCCCCCCCCCCCCCC)OC(=O)CCCCCCCCCCCCCCCCCCCCC. The fourth-order valence-electron chi connectivity index (χ4n) is 13.1. The van der Waals surface area contributed by atoms with Crippen LogP contribution in [-0.2, 0) is 65.4 Å². The van der Waals surface area contributed by atoms with Crippen LogP contribution >= 0.6 is 15.6 Å². The average molecular weight is 1510 g/mol. The number of rotatable bonds is 84. The van der Waals surface area contributed by atoms with E-state index in [1.165, 1.54) is 270 Å². The normalized spacial score (nSPS) is 13.8. The molecule has 0 aromatic carbocycles. The highest BCUT2D eigenvalue weighted by molar-refractivity contribution is 7.47. The molecule has 0 bridgehead atoms. The summed E-state index contributed by atoms with van der Waals surface area (Å²) >= 11 is 0. The first-order valence-electron chi connectivity index (χ1n) is 43.6. The molecule has 612 valence electrons. The van der Waals surface area contributed by atoms with Crippen molar-refractivity contribution in [3.05, 3.63) is 0 Å². The Morgan fingerprint density at radius 2 is 0.447 bits per heavy atom. The van der Waals surface area contributed by atoms with Crippen LogP contribution in [0.2, 0.25) is 0 Å². The molecule has 0 saturated heterocycles. The van der Waals surface area contributed by atoms with Gasteiger partial charge in [-0.3, -0.25) is 37.3 Å². The highest BCUT2D eigenvalue weighted by atomic mass is 31.2. The second-order valence-corrected chi connectivity index (χ2v) is 33.6. The van der Waals surface area contributed by atoms with Crippen LogP contribution < -0.4 is 0 Å². The zero-order chi connectivity index (χ0) is 75.5. The smallest absolute Gasteiger partial charge is 0.462 e. The summed E-state index contributed by atoms with van der Waals surface area (Å²) in [6.07, 6.45) is 69.5. The molecule has 0 aromatic heterocycles. The molecule has 0 aliphatic rings. The number of aliphatic hydroxyl groups excluding tert-OH is 1. The summed E-state index contributed by atoms with van der Waals surface area (Å²) in [5, 5.41) is 10.7. The maximum atomic E-state index is 13.1. The maximum absolute atomic E-state index is 13.1. The van der Waals surface area contributed by atoms with Gasteiger partial charge in [-0.1, -0.05) is 401 Å². The van der Waals surface area contributed by atoms with Gasteiger partial charge in [0.05, 0.1) is 26.4 Å². The topological polar surface area (TPSA) is 237 Å². The number of phosphoric acid groups is 2. The molecule has 3 N–H and O–H groups in total. The Labute approximate surface area is 632 Å². The summed E-state index contributed by atoms with van der Waals surface area (Å²) in [4.78, 5) is 73.1. The largest absolute Gasteiger partial charge is 0.472 e. The van der Waals surface area contributed by atoms with Crippen molar-refractivity contribution in [3.8, 4) is 0 Å². The lowest BCUT2D eigenvalue weighted by Gasteiger charge is -2.21. The van der Waals surface area contributed by atoms with Crippen molar-refractivity contribution in [1.82, 2.24) is 0 Å². The molecule has 2 unspecified atom stereocenters. The molecule has 0 rings (SSSR count). The molecule has 0 spiro atoms. The molecule has 0 radical (unpaired) electrons. The molecule has 0 saturated carbocycles. The van der Waals surface area contributed by atoms with Crippen LogP contribution in [0, 0.1) is 5.92 Å². The van der Waals surface area contributed by atoms with Crippen molar-refractivity contribution in [1.29, 1.82) is 0 Å². The molecule has 19 heteroatoms. The maximum Gasteiger partial charge on any atom is 0.472 e. The number of unbranched alkanes of at least 4 members (excludes halogenated alkanes) is 56. The molecule has 0 amide bonds. The van der Waals surface area contributed by atoms with Gasteiger partial charge in [-0.25, -0.2) is 9.13 Å². The zero-order valence-electron chi connectivity index (χ0n) is 67.5. The summed E-state index contributed by atoms with van der Waals surface area (Å²) in [7, 11) is -9.92. The monoisotopic (exact) mass is 1510 g/mol. The zero-order valence-corrected chi connectivity index (χ0v) is 69.3.